The van der Waals surface area contributed by atoms with E-state index in [9.17, 15) is 14.7 Å². The summed E-state index contributed by atoms with van der Waals surface area (Å²) >= 11 is 0. The molecule has 23 heavy (non-hydrogen) atoms. The number of hydrogen-bond donors (Lipinski definition) is 2. The molecule has 1 aliphatic heterocycles. The smallest absolute Gasteiger partial charge is 0.326 e. The average molecular weight is 318 g/mol. The van der Waals surface area contributed by atoms with Gasteiger partial charge in [-0.25, -0.2) is 4.79 Å². The first-order chi connectivity index (χ1) is 11.0. The zero-order chi connectivity index (χ0) is 16.2. The number of aliphatic carboxylic acids is 1. The van der Waals surface area contributed by atoms with Crippen LogP contribution < -0.4 is 10.2 Å². The van der Waals surface area contributed by atoms with E-state index in [-0.39, 0.29) is 11.4 Å². The molecule has 0 bridgehead atoms. The lowest BCUT2D eigenvalue weighted by Gasteiger charge is -2.29. The van der Waals surface area contributed by atoms with Gasteiger partial charge in [0.15, 0.2) is 0 Å². The first-order valence-corrected chi connectivity index (χ1v) is 8.32. The Labute approximate surface area is 134 Å². The zero-order valence-electron chi connectivity index (χ0n) is 13.2. The van der Waals surface area contributed by atoms with Crippen LogP contribution in [-0.2, 0) is 16.6 Å². The largest absolute Gasteiger partial charge is 0.480 e. The first kappa shape index (κ1) is 14.5. The fraction of sp³-hybridized carbons (Fsp3) is 0.688. The number of anilines is 1. The van der Waals surface area contributed by atoms with Gasteiger partial charge in [0.1, 0.15) is 12.1 Å². The van der Waals surface area contributed by atoms with Crippen molar-refractivity contribution in [3.8, 4) is 0 Å². The van der Waals surface area contributed by atoms with E-state index in [0.29, 0.717) is 24.4 Å². The molecule has 0 spiro atoms. The Morgan fingerprint density at radius 3 is 2.48 bits per heavy atom. The Morgan fingerprint density at radius 1 is 1.26 bits per heavy atom. The molecule has 0 aromatic carbocycles. The van der Waals surface area contributed by atoms with Gasteiger partial charge in [0.05, 0.1) is 11.9 Å². The number of amides is 1. The standard InChI is InChI=1S/C16H22N4O3/c1-19-9-11(8-17-19)20-12(4-5-13(20)15(22)23)14(21)18-16(6-7-16)10-2-3-10/h8-10,12-13H,2-7H2,1H3,(H,18,21)(H,22,23). The van der Waals surface area contributed by atoms with Gasteiger partial charge in [-0.15, -0.1) is 0 Å². The van der Waals surface area contributed by atoms with Crippen LogP contribution in [0.25, 0.3) is 0 Å². The topological polar surface area (TPSA) is 87.5 Å². The van der Waals surface area contributed by atoms with E-state index in [4.69, 9.17) is 0 Å². The normalized spacial score (nSPS) is 28.7. The van der Waals surface area contributed by atoms with Crippen LogP contribution in [0, 0.1) is 5.92 Å². The minimum Gasteiger partial charge on any atom is -0.480 e. The van der Waals surface area contributed by atoms with Crippen LogP contribution in [0.4, 0.5) is 5.69 Å². The minimum atomic E-state index is -0.882. The molecule has 7 heteroatoms. The fourth-order valence-electron chi connectivity index (χ4n) is 3.95. The van der Waals surface area contributed by atoms with Gasteiger partial charge in [0.2, 0.25) is 5.91 Å². The lowest BCUT2D eigenvalue weighted by Crippen LogP contribution is -2.51. The van der Waals surface area contributed by atoms with Gasteiger partial charge in [0, 0.05) is 18.8 Å². The molecule has 1 amide bonds. The third-order valence-corrected chi connectivity index (χ3v) is 5.48. The second-order valence-electron chi connectivity index (χ2n) is 7.15. The Morgan fingerprint density at radius 2 is 1.96 bits per heavy atom. The van der Waals surface area contributed by atoms with Gasteiger partial charge in [-0.2, -0.15) is 5.10 Å². The van der Waals surface area contributed by atoms with Crippen LogP contribution >= 0.6 is 0 Å². The van der Waals surface area contributed by atoms with Crippen molar-refractivity contribution in [1.82, 2.24) is 15.1 Å². The van der Waals surface area contributed by atoms with Crippen molar-refractivity contribution in [3.05, 3.63) is 12.4 Å². The van der Waals surface area contributed by atoms with Crippen LogP contribution in [0.2, 0.25) is 0 Å². The van der Waals surface area contributed by atoms with Gasteiger partial charge in [0.25, 0.3) is 0 Å². The van der Waals surface area contributed by atoms with Crippen LogP contribution in [0.15, 0.2) is 12.4 Å². The number of nitrogens with one attached hydrogen (secondary N) is 1. The van der Waals surface area contributed by atoms with Crippen molar-refractivity contribution < 1.29 is 14.7 Å². The second kappa shape index (κ2) is 4.97. The number of carbonyl (C=O) groups excluding carboxylic acids is 1. The number of aryl methyl sites for hydroxylation is 1. The summed E-state index contributed by atoms with van der Waals surface area (Å²) < 4.78 is 1.63. The van der Waals surface area contributed by atoms with E-state index in [1.165, 1.54) is 12.8 Å². The summed E-state index contributed by atoms with van der Waals surface area (Å²) in [4.78, 5) is 26.1. The molecule has 4 rings (SSSR count). The maximum absolute atomic E-state index is 12.8. The van der Waals surface area contributed by atoms with Crippen molar-refractivity contribution >= 4 is 17.6 Å². The summed E-state index contributed by atoms with van der Waals surface area (Å²) in [7, 11) is 1.79. The molecule has 3 aliphatic rings. The summed E-state index contributed by atoms with van der Waals surface area (Å²) in [5.41, 5.74) is 0.716. The van der Waals surface area contributed by atoms with Gasteiger partial charge in [-0.3, -0.25) is 9.48 Å². The monoisotopic (exact) mass is 318 g/mol. The molecule has 0 radical (unpaired) electrons. The van der Waals surface area contributed by atoms with Gasteiger partial charge in [-0.05, 0) is 44.4 Å². The average Bonchev–Trinajstić information content (AvgIpc) is 3.39. The minimum absolute atomic E-state index is 0.0129. The molecule has 3 fully saturated rings. The number of carboxylic acids is 1. The number of nitrogens with zero attached hydrogens (tertiary/aromatic N) is 3. The van der Waals surface area contributed by atoms with E-state index >= 15 is 0 Å². The Bertz CT molecular complexity index is 648. The van der Waals surface area contributed by atoms with Gasteiger partial charge < -0.3 is 15.3 Å². The molecule has 2 heterocycles. The quantitative estimate of drug-likeness (QED) is 0.842. The lowest BCUT2D eigenvalue weighted by molar-refractivity contribution is -0.138. The molecule has 2 atom stereocenters. The highest BCUT2D eigenvalue weighted by Gasteiger charge is 2.56. The van der Waals surface area contributed by atoms with E-state index in [0.717, 1.165) is 12.8 Å². The number of rotatable bonds is 5. The Kier molecular flexibility index (Phi) is 3.14. The molecule has 124 valence electrons. The summed E-state index contributed by atoms with van der Waals surface area (Å²) in [6.45, 7) is 0. The highest BCUT2D eigenvalue weighted by Crippen LogP contribution is 2.53. The number of carbonyl (C=O) groups is 2. The number of aromatic nitrogens is 2. The summed E-state index contributed by atoms with van der Waals surface area (Å²) in [6, 6.07) is -1.08. The molecule has 1 saturated heterocycles. The Hall–Kier alpha value is -2.05. The maximum atomic E-state index is 12.8. The third kappa shape index (κ3) is 2.48. The molecule has 1 aromatic rings. The van der Waals surface area contributed by atoms with Crippen molar-refractivity contribution in [2.75, 3.05) is 4.90 Å². The van der Waals surface area contributed by atoms with Gasteiger partial charge >= 0.3 is 5.97 Å². The summed E-state index contributed by atoms with van der Waals surface area (Å²) in [6.07, 6.45) is 8.99. The van der Waals surface area contributed by atoms with Crippen LogP contribution in [-0.4, -0.2) is 44.4 Å². The number of carboxylic acid groups (broad SMARTS) is 1. The summed E-state index contributed by atoms with van der Waals surface area (Å²) in [5.74, 6) is -0.274. The highest BCUT2D eigenvalue weighted by molar-refractivity contribution is 5.90. The van der Waals surface area contributed by atoms with E-state index in [1.54, 1.807) is 29.0 Å². The molecule has 7 nitrogen and oxygen atoms in total. The highest BCUT2D eigenvalue weighted by atomic mass is 16.4. The van der Waals surface area contributed by atoms with E-state index < -0.39 is 18.1 Å². The van der Waals surface area contributed by atoms with Crippen molar-refractivity contribution in [2.45, 2.75) is 56.1 Å². The zero-order valence-corrected chi connectivity index (χ0v) is 13.2. The predicted molar refractivity (Wildman–Crippen MR) is 83.0 cm³/mol. The fourth-order valence-corrected chi connectivity index (χ4v) is 3.95. The van der Waals surface area contributed by atoms with Crippen molar-refractivity contribution in [1.29, 1.82) is 0 Å². The SMILES string of the molecule is Cn1cc(N2C(C(=O)O)CCC2C(=O)NC2(C3CC3)CC2)cn1. The van der Waals surface area contributed by atoms with Crippen LogP contribution in [0.1, 0.15) is 38.5 Å². The second-order valence-corrected chi connectivity index (χ2v) is 7.15. The van der Waals surface area contributed by atoms with E-state index in [2.05, 4.69) is 10.4 Å². The lowest BCUT2D eigenvalue weighted by atomic mass is 10.1. The molecule has 2 aliphatic carbocycles. The summed E-state index contributed by atoms with van der Waals surface area (Å²) in [5, 5.41) is 16.9. The molecule has 2 saturated carbocycles. The molecular formula is C16H22N4O3. The first-order valence-electron chi connectivity index (χ1n) is 8.32. The maximum Gasteiger partial charge on any atom is 0.326 e. The molecule has 2 unspecified atom stereocenters. The number of hydrogen-bond acceptors (Lipinski definition) is 4. The van der Waals surface area contributed by atoms with Crippen LogP contribution in [0.5, 0.6) is 0 Å². The molecule has 2 N–H and O–H groups in total. The predicted octanol–water partition coefficient (Wildman–Crippen LogP) is 0.901. The van der Waals surface area contributed by atoms with Crippen molar-refractivity contribution in [2.24, 2.45) is 13.0 Å². The molecular weight excluding hydrogens is 296 g/mol. The van der Waals surface area contributed by atoms with Crippen molar-refractivity contribution in [3.63, 3.8) is 0 Å². The van der Waals surface area contributed by atoms with E-state index in [1.807, 2.05) is 0 Å². The van der Waals surface area contributed by atoms with Gasteiger partial charge in [-0.1, -0.05) is 0 Å². The third-order valence-electron chi connectivity index (χ3n) is 5.48. The van der Waals surface area contributed by atoms with Crippen LogP contribution in [0.3, 0.4) is 0 Å². The molecule has 1 aromatic heterocycles. The Balaban J connectivity index is 1.56.